The maximum Gasteiger partial charge on any atom is 0.0154 e. The first-order valence-electron chi connectivity index (χ1n) is 4.16. The summed E-state index contributed by atoms with van der Waals surface area (Å²) in [5, 5.41) is 0. The van der Waals surface area contributed by atoms with Crippen molar-refractivity contribution in [3.8, 4) is 0 Å². The normalized spacial score (nSPS) is 14.0. The first-order valence-corrected chi connectivity index (χ1v) is 4.16. The van der Waals surface area contributed by atoms with Crippen LogP contribution < -0.4 is 11.5 Å². The van der Waals surface area contributed by atoms with E-state index in [0.717, 1.165) is 29.8 Å². The molecule has 0 saturated heterocycles. The Kier molecular flexibility index (Phi) is 4.93. The summed E-state index contributed by atoms with van der Waals surface area (Å²) in [6.45, 7) is 7.61. The van der Waals surface area contributed by atoms with Crippen LogP contribution in [0.4, 0.5) is 0 Å². The van der Waals surface area contributed by atoms with Gasteiger partial charge < -0.3 is 11.5 Å². The molecule has 0 heterocycles. The predicted octanol–water partition coefficient (Wildman–Crippen LogP) is 2.05. The maximum atomic E-state index is 5.80. The molecule has 2 nitrogen and oxygen atoms in total. The molecule has 4 N–H and O–H groups in total. The zero-order valence-corrected chi connectivity index (χ0v) is 7.93. The van der Waals surface area contributed by atoms with Crippen LogP contribution in [0.15, 0.2) is 35.7 Å². The third-order valence-corrected chi connectivity index (χ3v) is 1.49. The zero-order chi connectivity index (χ0) is 9.56. The van der Waals surface area contributed by atoms with Crippen LogP contribution in [0.2, 0.25) is 0 Å². The minimum atomic E-state index is 0.754. The molecule has 0 aliphatic heterocycles. The Morgan fingerprint density at radius 3 is 2.33 bits per heavy atom. The molecular weight excluding hydrogens is 148 g/mol. The lowest BCUT2D eigenvalue weighted by molar-refractivity contribution is 0.886. The molecule has 0 radical (unpaired) electrons. The monoisotopic (exact) mass is 166 g/mol. The van der Waals surface area contributed by atoms with Crippen molar-refractivity contribution in [1.29, 1.82) is 0 Å². The molecule has 12 heavy (non-hydrogen) atoms. The quantitative estimate of drug-likeness (QED) is 0.628. The summed E-state index contributed by atoms with van der Waals surface area (Å²) >= 11 is 0. The minimum absolute atomic E-state index is 0.754. The first kappa shape index (κ1) is 10.8. The summed E-state index contributed by atoms with van der Waals surface area (Å²) in [6.07, 6.45) is 5.52. The Bertz CT molecular complexity index is 208. The van der Waals surface area contributed by atoms with Crippen molar-refractivity contribution in [3.63, 3.8) is 0 Å². The van der Waals surface area contributed by atoms with Crippen LogP contribution in [0.1, 0.15) is 26.7 Å². The summed E-state index contributed by atoms with van der Waals surface area (Å²) < 4.78 is 0. The smallest absolute Gasteiger partial charge is 0.0154 e. The first-order chi connectivity index (χ1) is 5.61. The van der Waals surface area contributed by atoms with Gasteiger partial charge in [-0.05, 0) is 25.0 Å². The van der Waals surface area contributed by atoms with E-state index in [1.807, 2.05) is 13.0 Å². The van der Waals surface area contributed by atoms with Gasteiger partial charge in [-0.2, -0.15) is 0 Å². The molecule has 0 fully saturated rings. The van der Waals surface area contributed by atoms with Crippen molar-refractivity contribution in [2.75, 3.05) is 0 Å². The van der Waals surface area contributed by atoms with Gasteiger partial charge in [0.25, 0.3) is 0 Å². The Balaban J connectivity index is 4.61. The van der Waals surface area contributed by atoms with Crippen molar-refractivity contribution < 1.29 is 0 Å². The second-order valence-electron chi connectivity index (χ2n) is 2.82. The largest absolute Gasteiger partial charge is 0.402 e. The van der Waals surface area contributed by atoms with Crippen LogP contribution in [0.25, 0.3) is 0 Å². The summed E-state index contributed by atoms with van der Waals surface area (Å²) in [5.41, 5.74) is 13.9. The molecule has 0 rings (SSSR count). The van der Waals surface area contributed by atoms with Gasteiger partial charge in [-0.25, -0.2) is 0 Å². The number of hydrogen-bond donors (Lipinski definition) is 2. The molecular formula is C10H18N2. The van der Waals surface area contributed by atoms with E-state index in [0.29, 0.717) is 0 Å². The van der Waals surface area contributed by atoms with E-state index in [4.69, 9.17) is 11.5 Å². The number of hydrogen-bond acceptors (Lipinski definition) is 2. The van der Waals surface area contributed by atoms with Crippen LogP contribution in [-0.2, 0) is 0 Å². The van der Waals surface area contributed by atoms with E-state index in [-0.39, 0.29) is 0 Å². The van der Waals surface area contributed by atoms with E-state index >= 15 is 0 Å². The molecule has 0 amide bonds. The number of nitrogens with two attached hydrogens (primary N) is 2. The van der Waals surface area contributed by atoms with E-state index in [2.05, 4.69) is 13.5 Å². The van der Waals surface area contributed by atoms with Gasteiger partial charge >= 0.3 is 0 Å². The van der Waals surface area contributed by atoms with E-state index in [1.165, 1.54) is 0 Å². The van der Waals surface area contributed by atoms with Crippen LogP contribution in [0.5, 0.6) is 0 Å². The van der Waals surface area contributed by atoms with Gasteiger partial charge in [0, 0.05) is 11.4 Å². The van der Waals surface area contributed by atoms with Crippen molar-refractivity contribution in [1.82, 2.24) is 0 Å². The van der Waals surface area contributed by atoms with Gasteiger partial charge in [0.2, 0.25) is 0 Å². The standard InChI is InChI=1S/C10H18N2/c1-4-6-10(12)9(5-2)7-8(3)11/h5,7H,2,4,6,11-12H2,1,3H3/b8-7-,10-9-. The second-order valence-corrected chi connectivity index (χ2v) is 2.82. The average molecular weight is 166 g/mol. The van der Waals surface area contributed by atoms with Crippen LogP contribution >= 0.6 is 0 Å². The number of rotatable bonds is 4. The van der Waals surface area contributed by atoms with Gasteiger partial charge in [-0.15, -0.1) is 0 Å². The third kappa shape index (κ3) is 3.86. The lowest BCUT2D eigenvalue weighted by Crippen LogP contribution is -2.01. The van der Waals surface area contributed by atoms with Crippen LogP contribution in [-0.4, -0.2) is 0 Å². The van der Waals surface area contributed by atoms with Gasteiger partial charge in [0.05, 0.1) is 0 Å². The molecule has 0 aliphatic rings. The molecule has 0 bridgehead atoms. The fourth-order valence-corrected chi connectivity index (χ4v) is 0.942. The number of allylic oxidation sites excluding steroid dienone is 5. The second kappa shape index (κ2) is 5.47. The Morgan fingerprint density at radius 1 is 1.42 bits per heavy atom. The van der Waals surface area contributed by atoms with E-state index in [1.54, 1.807) is 6.08 Å². The summed E-state index contributed by atoms with van der Waals surface area (Å²) in [5.74, 6) is 0. The molecule has 0 spiro atoms. The third-order valence-electron chi connectivity index (χ3n) is 1.49. The van der Waals surface area contributed by atoms with Gasteiger partial charge in [-0.1, -0.05) is 26.0 Å². The fraction of sp³-hybridized carbons (Fsp3) is 0.400. The van der Waals surface area contributed by atoms with Crippen molar-refractivity contribution in [3.05, 3.63) is 35.7 Å². The van der Waals surface area contributed by atoms with Crippen molar-refractivity contribution >= 4 is 0 Å². The average Bonchev–Trinajstić information content (AvgIpc) is 2.00. The summed E-state index contributed by atoms with van der Waals surface area (Å²) in [4.78, 5) is 0. The molecule has 2 heteroatoms. The topological polar surface area (TPSA) is 52.0 Å². The Hall–Kier alpha value is -1.18. The molecule has 0 aliphatic carbocycles. The lowest BCUT2D eigenvalue weighted by atomic mass is 10.1. The van der Waals surface area contributed by atoms with Crippen molar-refractivity contribution in [2.45, 2.75) is 26.7 Å². The fourth-order valence-electron chi connectivity index (χ4n) is 0.942. The van der Waals surface area contributed by atoms with Crippen LogP contribution in [0, 0.1) is 0 Å². The summed E-state index contributed by atoms with van der Waals surface area (Å²) in [7, 11) is 0. The molecule has 0 aromatic rings. The summed E-state index contributed by atoms with van der Waals surface area (Å²) in [6, 6.07) is 0. The maximum absolute atomic E-state index is 5.80. The molecule has 68 valence electrons. The lowest BCUT2D eigenvalue weighted by Gasteiger charge is -2.02. The van der Waals surface area contributed by atoms with Gasteiger partial charge in [0.1, 0.15) is 0 Å². The van der Waals surface area contributed by atoms with E-state index < -0.39 is 0 Å². The molecule has 0 atom stereocenters. The highest BCUT2D eigenvalue weighted by Gasteiger charge is 1.95. The Morgan fingerprint density at radius 2 is 2.00 bits per heavy atom. The molecule has 0 aromatic carbocycles. The van der Waals surface area contributed by atoms with Crippen molar-refractivity contribution in [2.24, 2.45) is 11.5 Å². The molecule has 0 saturated carbocycles. The predicted molar refractivity (Wildman–Crippen MR) is 54.3 cm³/mol. The molecule has 0 aromatic heterocycles. The minimum Gasteiger partial charge on any atom is -0.402 e. The highest BCUT2D eigenvalue weighted by molar-refractivity contribution is 5.34. The Labute approximate surface area is 74.6 Å². The molecule has 0 unspecified atom stereocenters. The highest BCUT2D eigenvalue weighted by Crippen LogP contribution is 2.08. The highest BCUT2D eigenvalue weighted by atomic mass is 14.6. The van der Waals surface area contributed by atoms with Gasteiger partial charge in [0.15, 0.2) is 0 Å². The van der Waals surface area contributed by atoms with E-state index in [9.17, 15) is 0 Å². The zero-order valence-electron chi connectivity index (χ0n) is 7.93. The SMILES string of the molecule is C=CC(/C=C(/C)N)=C(/N)CCC. The van der Waals surface area contributed by atoms with Crippen LogP contribution in [0.3, 0.4) is 0 Å². The van der Waals surface area contributed by atoms with Gasteiger partial charge in [-0.3, -0.25) is 0 Å².